The molecule has 0 aromatic rings. The van der Waals surface area contributed by atoms with Gasteiger partial charge >= 0.3 is 0 Å². The minimum atomic E-state index is -0.573. The third-order valence-electron chi connectivity index (χ3n) is 5.07. The average Bonchev–Trinajstić information content (AvgIpc) is 2.90. The van der Waals surface area contributed by atoms with E-state index in [1.54, 1.807) is 7.11 Å². The van der Waals surface area contributed by atoms with Crippen molar-refractivity contribution in [2.75, 3.05) is 13.9 Å². The predicted molar refractivity (Wildman–Crippen MR) is 93.6 cm³/mol. The van der Waals surface area contributed by atoms with Gasteiger partial charge in [0.05, 0.1) is 6.10 Å². The van der Waals surface area contributed by atoms with E-state index in [2.05, 4.69) is 25.2 Å². The fourth-order valence-electron chi connectivity index (χ4n) is 3.80. The molecule has 3 aliphatic rings. The average molecular weight is 334 g/mol. The number of rotatable bonds is 5. The normalized spacial score (nSPS) is 33.0. The second kappa shape index (κ2) is 7.52. The first-order valence-electron chi connectivity index (χ1n) is 9.03. The van der Waals surface area contributed by atoms with Crippen LogP contribution in [0.25, 0.3) is 0 Å². The fourth-order valence-corrected chi connectivity index (χ4v) is 3.80. The van der Waals surface area contributed by atoms with Crippen molar-refractivity contribution in [3.05, 3.63) is 34.9 Å². The molecule has 0 aromatic carbocycles. The molecule has 0 amide bonds. The Morgan fingerprint density at radius 1 is 1.25 bits per heavy atom. The van der Waals surface area contributed by atoms with Crippen LogP contribution in [-0.2, 0) is 18.9 Å². The second-order valence-electron chi connectivity index (χ2n) is 7.40. The van der Waals surface area contributed by atoms with Crippen LogP contribution in [0, 0.1) is 0 Å². The van der Waals surface area contributed by atoms with Crippen LogP contribution in [0.3, 0.4) is 0 Å². The molecule has 3 rings (SSSR count). The lowest BCUT2D eigenvalue weighted by atomic mass is 9.85. The maximum absolute atomic E-state index is 6.15. The van der Waals surface area contributed by atoms with E-state index in [1.807, 2.05) is 13.8 Å². The molecular weight excluding hydrogens is 304 g/mol. The highest BCUT2D eigenvalue weighted by Crippen LogP contribution is 2.41. The molecule has 0 bridgehead atoms. The number of methoxy groups -OCH3 is 1. The molecule has 2 aliphatic carbocycles. The molecular formula is C20H30O4. The maximum Gasteiger partial charge on any atom is 0.164 e. The third-order valence-corrected chi connectivity index (χ3v) is 5.07. The zero-order valence-electron chi connectivity index (χ0n) is 15.3. The van der Waals surface area contributed by atoms with E-state index < -0.39 is 5.79 Å². The van der Waals surface area contributed by atoms with E-state index >= 15 is 0 Å². The lowest BCUT2D eigenvalue weighted by molar-refractivity contribution is -0.168. The Hall–Kier alpha value is -0.940. The van der Waals surface area contributed by atoms with Gasteiger partial charge in [-0.3, -0.25) is 0 Å². The Morgan fingerprint density at radius 3 is 2.79 bits per heavy atom. The molecule has 0 unspecified atom stereocenters. The number of hydrogen-bond acceptors (Lipinski definition) is 4. The predicted octanol–water partition coefficient (Wildman–Crippen LogP) is 4.27. The summed E-state index contributed by atoms with van der Waals surface area (Å²) in [7, 11) is 1.65. The lowest BCUT2D eigenvalue weighted by Crippen LogP contribution is -2.42. The molecule has 0 N–H and O–H groups in total. The Kier molecular flexibility index (Phi) is 5.60. The van der Waals surface area contributed by atoms with Crippen molar-refractivity contribution < 1.29 is 18.9 Å². The van der Waals surface area contributed by atoms with Crippen LogP contribution in [0.4, 0.5) is 0 Å². The van der Waals surface area contributed by atoms with E-state index in [0.29, 0.717) is 0 Å². The summed E-state index contributed by atoms with van der Waals surface area (Å²) in [5.74, 6) is -0.573. The summed E-state index contributed by atoms with van der Waals surface area (Å²) in [6.07, 6.45) is 12.6. The van der Waals surface area contributed by atoms with Crippen LogP contribution in [-0.4, -0.2) is 38.0 Å². The molecule has 24 heavy (non-hydrogen) atoms. The lowest BCUT2D eigenvalue weighted by Gasteiger charge is -2.33. The Labute approximate surface area is 145 Å². The van der Waals surface area contributed by atoms with Crippen LogP contribution in [0.15, 0.2) is 34.9 Å². The van der Waals surface area contributed by atoms with Crippen LogP contribution in [0.2, 0.25) is 0 Å². The van der Waals surface area contributed by atoms with Crippen molar-refractivity contribution in [3.8, 4) is 0 Å². The van der Waals surface area contributed by atoms with Crippen molar-refractivity contribution in [1.82, 2.24) is 0 Å². The van der Waals surface area contributed by atoms with E-state index in [1.165, 1.54) is 42.4 Å². The number of ether oxygens (including phenoxy) is 4. The molecule has 0 spiro atoms. The van der Waals surface area contributed by atoms with E-state index in [-0.39, 0.29) is 25.1 Å². The molecule has 1 fully saturated rings. The minimum Gasteiger partial charge on any atom is -0.359 e. The minimum absolute atomic E-state index is 0.0413. The SMILES string of the molecule is COCO[C@@H]1CC(/C=C/C2=CCCCC2)=C(C)[C@H]2OC(C)(C)O[C@@H]21. The molecule has 0 aromatic heterocycles. The van der Waals surface area contributed by atoms with Gasteiger partial charge in [0.25, 0.3) is 0 Å². The first-order valence-corrected chi connectivity index (χ1v) is 9.03. The van der Waals surface area contributed by atoms with Crippen molar-refractivity contribution in [3.63, 3.8) is 0 Å². The van der Waals surface area contributed by atoms with Gasteiger partial charge in [0.2, 0.25) is 0 Å². The van der Waals surface area contributed by atoms with Gasteiger partial charge in [-0.05, 0) is 57.6 Å². The third kappa shape index (κ3) is 3.99. The van der Waals surface area contributed by atoms with E-state index in [0.717, 1.165) is 6.42 Å². The van der Waals surface area contributed by atoms with E-state index in [4.69, 9.17) is 18.9 Å². The summed E-state index contributed by atoms with van der Waals surface area (Å²) in [5, 5.41) is 0. The molecule has 4 heteroatoms. The van der Waals surface area contributed by atoms with Crippen LogP contribution >= 0.6 is 0 Å². The molecule has 0 radical (unpaired) electrons. The van der Waals surface area contributed by atoms with Gasteiger partial charge in [0.1, 0.15) is 19.0 Å². The number of fused-ring (bicyclic) bond motifs is 1. The quantitative estimate of drug-likeness (QED) is 0.704. The topological polar surface area (TPSA) is 36.9 Å². The molecule has 4 nitrogen and oxygen atoms in total. The van der Waals surface area contributed by atoms with E-state index in [9.17, 15) is 0 Å². The molecule has 0 saturated carbocycles. The van der Waals surface area contributed by atoms with Crippen molar-refractivity contribution in [2.24, 2.45) is 0 Å². The Bertz CT molecular complexity index is 544. The molecule has 3 atom stereocenters. The first-order chi connectivity index (χ1) is 11.5. The standard InChI is InChI=1S/C20H30O4/c1-14-16(11-10-15-8-6-5-7-9-15)12-17(22-13-21-4)19-18(14)23-20(2,3)24-19/h8,10-11,17-19H,5-7,9,12-13H2,1-4H3/b11-10+/t17-,18-,19-/m1/s1. The zero-order chi connectivity index (χ0) is 17.2. The van der Waals surface area contributed by atoms with Gasteiger partial charge in [0.15, 0.2) is 5.79 Å². The molecule has 134 valence electrons. The summed E-state index contributed by atoms with van der Waals surface area (Å²) in [6.45, 7) is 6.37. The summed E-state index contributed by atoms with van der Waals surface area (Å²) in [4.78, 5) is 0. The maximum atomic E-state index is 6.15. The van der Waals surface area contributed by atoms with Crippen LogP contribution in [0.1, 0.15) is 52.9 Å². The Balaban J connectivity index is 1.80. The van der Waals surface area contributed by atoms with Crippen molar-refractivity contribution in [2.45, 2.75) is 77.0 Å². The van der Waals surface area contributed by atoms with Gasteiger partial charge in [-0.25, -0.2) is 0 Å². The monoisotopic (exact) mass is 334 g/mol. The summed E-state index contributed by atoms with van der Waals surface area (Å²) >= 11 is 0. The molecule has 1 heterocycles. The first kappa shape index (κ1) is 17.9. The Morgan fingerprint density at radius 2 is 2.08 bits per heavy atom. The highest BCUT2D eigenvalue weighted by molar-refractivity contribution is 5.36. The molecule has 1 saturated heterocycles. The number of allylic oxidation sites excluding steroid dienone is 4. The van der Waals surface area contributed by atoms with Gasteiger partial charge in [-0.2, -0.15) is 0 Å². The van der Waals surface area contributed by atoms with Crippen molar-refractivity contribution >= 4 is 0 Å². The second-order valence-corrected chi connectivity index (χ2v) is 7.40. The molecule has 1 aliphatic heterocycles. The van der Waals surface area contributed by atoms with Gasteiger partial charge in [-0.15, -0.1) is 0 Å². The van der Waals surface area contributed by atoms with Crippen LogP contribution < -0.4 is 0 Å². The highest BCUT2D eigenvalue weighted by atomic mass is 16.8. The van der Waals surface area contributed by atoms with Gasteiger partial charge < -0.3 is 18.9 Å². The van der Waals surface area contributed by atoms with Gasteiger partial charge in [0, 0.05) is 13.5 Å². The summed E-state index contributed by atoms with van der Waals surface area (Å²) in [6, 6.07) is 0. The van der Waals surface area contributed by atoms with Crippen molar-refractivity contribution in [1.29, 1.82) is 0 Å². The largest absolute Gasteiger partial charge is 0.359 e. The number of hydrogen-bond donors (Lipinski definition) is 0. The van der Waals surface area contributed by atoms with Gasteiger partial charge in [-0.1, -0.05) is 23.8 Å². The van der Waals surface area contributed by atoms with Crippen LogP contribution in [0.5, 0.6) is 0 Å². The smallest absolute Gasteiger partial charge is 0.164 e. The summed E-state index contributed by atoms with van der Waals surface area (Å²) in [5.41, 5.74) is 4.00. The fraction of sp³-hybridized carbons (Fsp3) is 0.700. The zero-order valence-corrected chi connectivity index (χ0v) is 15.3. The highest BCUT2D eigenvalue weighted by Gasteiger charge is 2.49. The summed E-state index contributed by atoms with van der Waals surface area (Å²) < 4.78 is 23.3.